The lowest BCUT2D eigenvalue weighted by molar-refractivity contribution is -0.115. The van der Waals surface area contributed by atoms with Crippen molar-refractivity contribution in [3.05, 3.63) is 64.4 Å². The molecule has 3 aromatic rings. The van der Waals surface area contributed by atoms with Gasteiger partial charge in [0.15, 0.2) is 5.16 Å². The van der Waals surface area contributed by atoms with Crippen LogP contribution in [0, 0.1) is 0 Å². The van der Waals surface area contributed by atoms with Gasteiger partial charge in [-0.05, 0) is 49.4 Å². The largest absolute Gasteiger partial charge is 0.325 e. The lowest BCUT2D eigenvalue weighted by Crippen LogP contribution is -2.27. The Hall–Kier alpha value is -2.60. The molecule has 1 heterocycles. The number of amides is 1. The third kappa shape index (κ3) is 4.75. The van der Waals surface area contributed by atoms with Crippen molar-refractivity contribution in [2.24, 2.45) is 0 Å². The van der Waals surface area contributed by atoms with Gasteiger partial charge in [-0.2, -0.15) is 0 Å². The normalized spacial score (nSPS) is 13.2. The van der Waals surface area contributed by atoms with Gasteiger partial charge < -0.3 is 5.32 Å². The average molecular weight is 424 g/mol. The summed E-state index contributed by atoms with van der Waals surface area (Å²) in [5.41, 5.74) is 2.59. The molecule has 0 aliphatic carbocycles. The molecule has 0 bridgehead atoms. The Morgan fingerprint density at radius 2 is 1.80 bits per heavy atom. The Morgan fingerprint density at radius 3 is 2.53 bits per heavy atom. The van der Waals surface area contributed by atoms with E-state index in [2.05, 4.69) is 30.2 Å². The zero-order valence-electron chi connectivity index (χ0n) is 18.0. The summed E-state index contributed by atoms with van der Waals surface area (Å²) < 4.78 is 1.68. The second-order valence-electron chi connectivity index (χ2n) is 7.51. The Morgan fingerprint density at radius 1 is 1.10 bits per heavy atom. The second kappa shape index (κ2) is 9.94. The minimum Gasteiger partial charge on any atom is -0.325 e. The first-order chi connectivity index (χ1) is 14.5. The van der Waals surface area contributed by atoms with E-state index < -0.39 is 5.25 Å². The van der Waals surface area contributed by atoms with Crippen LogP contribution >= 0.6 is 11.8 Å². The summed E-state index contributed by atoms with van der Waals surface area (Å²) in [6.07, 6.45) is 1.82. The minimum atomic E-state index is -0.397. The highest BCUT2D eigenvalue weighted by molar-refractivity contribution is 8.00. The number of thioether (sulfide) groups is 1. The fourth-order valence-electron chi connectivity index (χ4n) is 3.36. The number of rotatable bonds is 8. The molecule has 2 atom stereocenters. The van der Waals surface area contributed by atoms with Gasteiger partial charge in [-0.15, -0.1) is 0 Å². The van der Waals surface area contributed by atoms with Crippen LogP contribution in [0.1, 0.15) is 52.0 Å². The molecule has 1 amide bonds. The number of hydrogen-bond acceptors (Lipinski definition) is 4. The van der Waals surface area contributed by atoms with Gasteiger partial charge in [0.05, 0.1) is 16.2 Å². The lowest BCUT2D eigenvalue weighted by Gasteiger charge is -2.19. The molecule has 158 valence electrons. The molecule has 30 heavy (non-hydrogen) atoms. The van der Waals surface area contributed by atoms with Gasteiger partial charge in [0, 0.05) is 12.2 Å². The highest BCUT2D eigenvalue weighted by Crippen LogP contribution is 2.28. The second-order valence-corrected chi connectivity index (χ2v) is 8.82. The molecular weight excluding hydrogens is 394 g/mol. The van der Waals surface area contributed by atoms with E-state index in [0.717, 1.165) is 24.1 Å². The van der Waals surface area contributed by atoms with E-state index in [9.17, 15) is 9.59 Å². The summed E-state index contributed by atoms with van der Waals surface area (Å²) in [5, 5.41) is 3.87. The number of hydrogen-bond donors (Lipinski definition) is 1. The van der Waals surface area contributed by atoms with Gasteiger partial charge in [0.25, 0.3) is 5.56 Å². The molecule has 0 spiro atoms. The minimum absolute atomic E-state index is 0.0559. The first kappa shape index (κ1) is 22.1. The van der Waals surface area contributed by atoms with Crippen LogP contribution in [-0.4, -0.2) is 20.7 Å². The molecule has 0 saturated heterocycles. The summed E-state index contributed by atoms with van der Waals surface area (Å²) in [7, 11) is 0. The van der Waals surface area contributed by atoms with Crippen molar-refractivity contribution in [2.75, 3.05) is 5.32 Å². The van der Waals surface area contributed by atoms with Crippen molar-refractivity contribution in [1.82, 2.24) is 9.55 Å². The number of para-hydroxylation sites is 2. The van der Waals surface area contributed by atoms with Crippen molar-refractivity contribution in [3.63, 3.8) is 0 Å². The van der Waals surface area contributed by atoms with Gasteiger partial charge in [0.2, 0.25) is 5.91 Å². The van der Waals surface area contributed by atoms with E-state index in [0.29, 0.717) is 28.5 Å². The van der Waals surface area contributed by atoms with E-state index in [-0.39, 0.29) is 11.5 Å². The van der Waals surface area contributed by atoms with Crippen LogP contribution in [0.15, 0.2) is 58.5 Å². The smallest absolute Gasteiger partial charge is 0.262 e. The Labute approximate surface area is 181 Å². The van der Waals surface area contributed by atoms with Crippen LogP contribution in [0.2, 0.25) is 0 Å². The number of anilines is 1. The molecule has 0 aliphatic heterocycles. The molecule has 0 aliphatic rings. The van der Waals surface area contributed by atoms with E-state index in [1.54, 1.807) is 10.6 Å². The fourth-order valence-corrected chi connectivity index (χ4v) is 4.30. The van der Waals surface area contributed by atoms with Crippen LogP contribution in [0.3, 0.4) is 0 Å². The maximum atomic E-state index is 13.0. The van der Waals surface area contributed by atoms with E-state index in [1.807, 2.05) is 50.2 Å². The zero-order chi connectivity index (χ0) is 21.7. The first-order valence-electron chi connectivity index (χ1n) is 10.5. The Bertz CT molecular complexity index is 1090. The van der Waals surface area contributed by atoms with Crippen LogP contribution in [0.25, 0.3) is 10.9 Å². The number of carbonyl (C=O) groups is 1. The first-order valence-corrected chi connectivity index (χ1v) is 11.4. The summed E-state index contributed by atoms with van der Waals surface area (Å²) >= 11 is 1.33. The summed E-state index contributed by atoms with van der Waals surface area (Å²) in [4.78, 5) is 30.6. The SMILES string of the molecule is CCCn1c(S[C@H](C)C(=O)Nc2ccccc2[C@H](C)CC)nc2ccccc2c1=O. The molecule has 0 saturated carbocycles. The molecular formula is C24H29N3O2S. The molecule has 0 radical (unpaired) electrons. The Kier molecular flexibility index (Phi) is 7.32. The van der Waals surface area contributed by atoms with Crippen molar-refractivity contribution < 1.29 is 4.79 Å². The van der Waals surface area contributed by atoms with E-state index in [4.69, 9.17) is 0 Å². The van der Waals surface area contributed by atoms with Gasteiger partial charge in [0.1, 0.15) is 0 Å². The van der Waals surface area contributed by atoms with Crippen molar-refractivity contribution in [2.45, 2.75) is 63.4 Å². The van der Waals surface area contributed by atoms with Gasteiger partial charge in [-0.1, -0.05) is 62.9 Å². The summed E-state index contributed by atoms with van der Waals surface area (Å²) in [6.45, 7) is 8.75. The summed E-state index contributed by atoms with van der Waals surface area (Å²) in [5.74, 6) is 0.266. The molecule has 1 N–H and O–H groups in total. The molecule has 1 aromatic heterocycles. The van der Waals surface area contributed by atoms with E-state index in [1.165, 1.54) is 11.8 Å². The molecule has 6 heteroatoms. The fraction of sp³-hybridized carbons (Fsp3) is 0.375. The molecule has 3 rings (SSSR count). The van der Waals surface area contributed by atoms with E-state index >= 15 is 0 Å². The van der Waals surface area contributed by atoms with Crippen molar-refractivity contribution in [3.8, 4) is 0 Å². The number of fused-ring (bicyclic) bond motifs is 1. The van der Waals surface area contributed by atoms with Gasteiger partial charge in [-0.3, -0.25) is 14.2 Å². The number of aromatic nitrogens is 2. The molecule has 2 aromatic carbocycles. The van der Waals surface area contributed by atoms with Crippen LogP contribution in [0.4, 0.5) is 5.69 Å². The standard InChI is InChI=1S/C24H29N3O2S/c1-5-15-27-23(29)19-12-8-10-14-21(19)26-24(27)30-17(4)22(28)25-20-13-9-7-11-18(20)16(3)6-2/h7-14,16-17H,5-6,15H2,1-4H3,(H,25,28)/t16-,17-/m1/s1. The summed E-state index contributed by atoms with van der Waals surface area (Å²) in [6, 6.07) is 15.3. The lowest BCUT2D eigenvalue weighted by atomic mass is 9.97. The average Bonchev–Trinajstić information content (AvgIpc) is 2.76. The molecule has 0 unspecified atom stereocenters. The predicted octanol–water partition coefficient (Wildman–Crippen LogP) is 5.44. The third-order valence-corrected chi connectivity index (χ3v) is 6.38. The Balaban J connectivity index is 1.86. The molecule has 0 fully saturated rings. The van der Waals surface area contributed by atoms with Crippen LogP contribution in [-0.2, 0) is 11.3 Å². The number of benzene rings is 2. The van der Waals surface area contributed by atoms with Crippen LogP contribution < -0.4 is 10.9 Å². The monoisotopic (exact) mass is 423 g/mol. The highest BCUT2D eigenvalue weighted by Gasteiger charge is 2.20. The topological polar surface area (TPSA) is 64.0 Å². The van der Waals surface area contributed by atoms with Crippen LogP contribution in [0.5, 0.6) is 0 Å². The van der Waals surface area contributed by atoms with Crippen molar-refractivity contribution in [1.29, 1.82) is 0 Å². The predicted molar refractivity (Wildman–Crippen MR) is 125 cm³/mol. The maximum absolute atomic E-state index is 13.0. The number of nitrogens with one attached hydrogen (secondary N) is 1. The zero-order valence-corrected chi connectivity index (χ0v) is 18.8. The van der Waals surface area contributed by atoms with Gasteiger partial charge >= 0.3 is 0 Å². The highest BCUT2D eigenvalue weighted by atomic mass is 32.2. The molecule has 5 nitrogen and oxygen atoms in total. The number of nitrogens with zero attached hydrogens (tertiary/aromatic N) is 2. The third-order valence-electron chi connectivity index (χ3n) is 5.29. The maximum Gasteiger partial charge on any atom is 0.262 e. The quantitative estimate of drug-likeness (QED) is 0.387. The van der Waals surface area contributed by atoms with Crippen molar-refractivity contribution >= 4 is 34.3 Å². The van der Waals surface area contributed by atoms with Gasteiger partial charge in [-0.25, -0.2) is 4.98 Å². The number of carbonyl (C=O) groups excluding carboxylic acids is 1.